The molecule has 0 fully saturated rings. The molecule has 0 saturated carbocycles. The molecule has 0 aliphatic rings. The standard InChI is InChI=1S/C26H30N2OS/c1-29-25-14-12-24(13-15-25)16-19-27-26(30)28(20-17-22-8-4-2-5-9-22)21-18-23-10-6-3-7-11-23/h2-15H,16-21H2,1H3,(H,27,30). The number of methoxy groups -OCH3 is 1. The summed E-state index contributed by atoms with van der Waals surface area (Å²) in [6.07, 6.45) is 2.89. The molecule has 0 bridgehead atoms. The van der Waals surface area contributed by atoms with E-state index in [0.29, 0.717) is 0 Å². The van der Waals surface area contributed by atoms with Crippen molar-refractivity contribution < 1.29 is 4.74 Å². The van der Waals surface area contributed by atoms with Gasteiger partial charge in [-0.05, 0) is 60.3 Å². The zero-order valence-electron chi connectivity index (χ0n) is 17.6. The number of rotatable bonds is 10. The highest BCUT2D eigenvalue weighted by Gasteiger charge is 2.10. The van der Waals surface area contributed by atoms with Crippen LogP contribution in [0.1, 0.15) is 16.7 Å². The lowest BCUT2D eigenvalue weighted by Crippen LogP contribution is -2.42. The summed E-state index contributed by atoms with van der Waals surface area (Å²) < 4.78 is 5.23. The van der Waals surface area contributed by atoms with Gasteiger partial charge in [0.1, 0.15) is 5.75 Å². The summed E-state index contributed by atoms with van der Waals surface area (Å²) in [5, 5.41) is 4.29. The van der Waals surface area contributed by atoms with Crippen LogP contribution >= 0.6 is 12.2 Å². The van der Waals surface area contributed by atoms with Crippen molar-refractivity contribution in [3.8, 4) is 5.75 Å². The maximum atomic E-state index is 5.76. The fourth-order valence-electron chi connectivity index (χ4n) is 3.35. The first-order chi connectivity index (χ1) is 14.7. The van der Waals surface area contributed by atoms with Crippen LogP contribution in [0.4, 0.5) is 0 Å². The van der Waals surface area contributed by atoms with E-state index in [9.17, 15) is 0 Å². The maximum Gasteiger partial charge on any atom is 0.168 e. The fraction of sp³-hybridized carbons (Fsp3) is 0.269. The highest BCUT2D eigenvalue weighted by atomic mass is 32.1. The minimum Gasteiger partial charge on any atom is -0.497 e. The van der Waals surface area contributed by atoms with Crippen molar-refractivity contribution >= 4 is 17.3 Å². The lowest BCUT2D eigenvalue weighted by atomic mass is 10.1. The molecule has 0 aliphatic heterocycles. The first-order valence-electron chi connectivity index (χ1n) is 10.5. The Morgan fingerprint density at radius 2 is 1.23 bits per heavy atom. The highest BCUT2D eigenvalue weighted by Crippen LogP contribution is 2.11. The van der Waals surface area contributed by atoms with E-state index in [0.717, 1.165) is 49.8 Å². The van der Waals surface area contributed by atoms with E-state index in [1.54, 1.807) is 7.11 Å². The topological polar surface area (TPSA) is 24.5 Å². The van der Waals surface area contributed by atoms with Crippen LogP contribution in [-0.4, -0.2) is 36.8 Å². The largest absolute Gasteiger partial charge is 0.497 e. The van der Waals surface area contributed by atoms with Gasteiger partial charge in [0, 0.05) is 19.6 Å². The summed E-state index contributed by atoms with van der Waals surface area (Å²) in [7, 11) is 1.69. The summed E-state index contributed by atoms with van der Waals surface area (Å²) >= 11 is 5.76. The molecule has 3 aromatic carbocycles. The Labute approximate surface area is 185 Å². The number of ether oxygens (including phenoxy) is 1. The average molecular weight is 419 g/mol. The molecular weight excluding hydrogens is 388 g/mol. The van der Waals surface area contributed by atoms with Gasteiger partial charge in [-0.15, -0.1) is 0 Å². The molecule has 1 N–H and O–H groups in total. The van der Waals surface area contributed by atoms with Gasteiger partial charge in [0.05, 0.1) is 7.11 Å². The molecular formula is C26H30N2OS. The molecule has 0 aromatic heterocycles. The van der Waals surface area contributed by atoms with Crippen LogP contribution in [-0.2, 0) is 19.3 Å². The van der Waals surface area contributed by atoms with Crippen LogP contribution in [0.3, 0.4) is 0 Å². The summed E-state index contributed by atoms with van der Waals surface area (Å²) in [6, 6.07) is 29.4. The number of hydrogen-bond acceptors (Lipinski definition) is 2. The van der Waals surface area contributed by atoms with Gasteiger partial charge in [-0.1, -0.05) is 72.8 Å². The van der Waals surface area contributed by atoms with Crippen LogP contribution in [0, 0.1) is 0 Å². The Balaban J connectivity index is 1.53. The Kier molecular flexibility index (Phi) is 8.73. The van der Waals surface area contributed by atoms with Crippen molar-refractivity contribution in [3.63, 3.8) is 0 Å². The van der Waals surface area contributed by atoms with Crippen molar-refractivity contribution in [2.45, 2.75) is 19.3 Å². The van der Waals surface area contributed by atoms with Gasteiger partial charge in [-0.3, -0.25) is 0 Å². The van der Waals surface area contributed by atoms with Gasteiger partial charge >= 0.3 is 0 Å². The Morgan fingerprint density at radius 1 is 0.733 bits per heavy atom. The number of benzene rings is 3. The Hall–Kier alpha value is -2.85. The van der Waals surface area contributed by atoms with E-state index in [1.807, 2.05) is 12.1 Å². The molecule has 3 nitrogen and oxygen atoms in total. The minimum absolute atomic E-state index is 0.818. The van der Waals surface area contributed by atoms with Crippen molar-refractivity contribution in [3.05, 3.63) is 102 Å². The first kappa shape index (κ1) is 21.8. The van der Waals surface area contributed by atoms with Gasteiger partial charge in [-0.25, -0.2) is 0 Å². The van der Waals surface area contributed by atoms with Crippen LogP contribution in [0.25, 0.3) is 0 Å². The van der Waals surface area contributed by atoms with Crippen molar-refractivity contribution in [1.82, 2.24) is 10.2 Å². The molecule has 0 saturated heterocycles. The van der Waals surface area contributed by atoms with E-state index >= 15 is 0 Å². The third kappa shape index (κ3) is 7.20. The van der Waals surface area contributed by atoms with E-state index in [1.165, 1.54) is 16.7 Å². The molecule has 0 unspecified atom stereocenters. The molecule has 30 heavy (non-hydrogen) atoms. The number of thiocarbonyl (C=S) groups is 1. The second-order valence-corrected chi connectivity index (χ2v) is 7.67. The number of hydrogen-bond donors (Lipinski definition) is 1. The van der Waals surface area contributed by atoms with E-state index in [2.05, 4.69) is 83.0 Å². The van der Waals surface area contributed by atoms with Gasteiger partial charge in [0.2, 0.25) is 0 Å². The highest BCUT2D eigenvalue weighted by molar-refractivity contribution is 7.80. The van der Waals surface area contributed by atoms with Crippen LogP contribution in [0.15, 0.2) is 84.9 Å². The quantitative estimate of drug-likeness (QED) is 0.473. The van der Waals surface area contributed by atoms with Crippen LogP contribution < -0.4 is 10.1 Å². The zero-order valence-corrected chi connectivity index (χ0v) is 18.4. The average Bonchev–Trinajstić information content (AvgIpc) is 2.81. The van der Waals surface area contributed by atoms with E-state index in [-0.39, 0.29) is 0 Å². The SMILES string of the molecule is COc1ccc(CCNC(=S)N(CCc2ccccc2)CCc2ccccc2)cc1. The second-order valence-electron chi connectivity index (χ2n) is 7.29. The molecule has 0 heterocycles. The molecule has 3 rings (SSSR count). The number of nitrogens with one attached hydrogen (secondary N) is 1. The molecule has 0 aliphatic carbocycles. The summed E-state index contributed by atoms with van der Waals surface area (Å²) in [5.74, 6) is 0.884. The van der Waals surface area contributed by atoms with Gasteiger partial charge in [0.25, 0.3) is 0 Å². The predicted octanol–water partition coefficient (Wildman–Crippen LogP) is 4.90. The predicted molar refractivity (Wildman–Crippen MR) is 129 cm³/mol. The molecule has 0 spiro atoms. The third-order valence-corrected chi connectivity index (χ3v) is 5.57. The molecule has 3 aromatic rings. The molecule has 0 radical (unpaired) electrons. The monoisotopic (exact) mass is 418 g/mol. The summed E-state index contributed by atoms with van der Waals surface area (Å²) in [5.41, 5.74) is 3.94. The van der Waals surface area contributed by atoms with Crippen LogP contribution in [0.2, 0.25) is 0 Å². The smallest absolute Gasteiger partial charge is 0.168 e. The lowest BCUT2D eigenvalue weighted by molar-refractivity contribution is 0.414. The molecule has 156 valence electrons. The number of nitrogens with zero attached hydrogens (tertiary/aromatic N) is 1. The molecule has 4 heteroatoms. The van der Waals surface area contributed by atoms with Gasteiger partial charge < -0.3 is 15.0 Å². The zero-order chi connectivity index (χ0) is 21.0. The first-order valence-corrected chi connectivity index (χ1v) is 10.9. The molecule has 0 atom stereocenters. The minimum atomic E-state index is 0.818. The van der Waals surface area contributed by atoms with E-state index < -0.39 is 0 Å². The van der Waals surface area contributed by atoms with Crippen molar-refractivity contribution in [2.24, 2.45) is 0 Å². The van der Waals surface area contributed by atoms with Gasteiger partial charge in [-0.2, -0.15) is 0 Å². The Bertz CT molecular complexity index is 838. The van der Waals surface area contributed by atoms with Crippen LogP contribution in [0.5, 0.6) is 5.75 Å². The van der Waals surface area contributed by atoms with Crippen molar-refractivity contribution in [1.29, 1.82) is 0 Å². The lowest BCUT2D eigenvalue weighted by Gasteiger charge is -2.26. The van der Waals surface area contributed by atoms with Crippen molar-refractivity contribution in [2.75, 3.05) is 26.7 Å². The molecule has 0 amide bonds. The normalized spacial score (nSPS) is 10.4. The summed E-state index contributed by atoms with van der Waals surface area (Å²) in [6.45, 7) is 2.63. The summed E-state index contributed by atoms with van der Waals surface area (Å²) in [4.78, 5) is 2.29. The third-order valence-electron chi connectivity index (χ3n) is 5.16. The fourth-order valence-corrected chi connectivity index (χ4v) is 3.63. The second kappa shape index (κ2) is 12.0. The van der Waals surface area contributed by atoms with Gasteiger partial charge in [0.15, 0.2) is 5.11 Å². The Morgan fingerprint density at radius 3 is 1.73 bits per heavy atom. The maximum absolute atomic E-state index is 5.76. The van der Waals surface area contributed by atoms with E-state index in [4.69, 9.17) is 17.0 Å².